The summed E-state index contributed by atoms with van der Waals surface area (Å²) in [5.41, 5.74) is 7.91. The van der Waals surface area contributed by atoms with Crippen LogP contribution in [0.1, 0.15) is 6.92 Å². The fourth-order valence-electron chi connectivity index (χ4n) is 1.63. The third kappa shape index (κ3) is 1.39. The van der Waals surface area contributed by atoms with Gasteiger partial charge in [-0.1, -0.05) is 18.2 Å². The summed E-state index contributed by atoms with van der Waals surface area (Å²) in [5, 5.41) is 1.14. The van der Waals surface area contributed by atoms with Crippen LogP contribution in [0.25, 0.3) is 10.9 Å². The molecule has 72 valence electrons. The van der Waals surface area contributed by atoms with Gasteiger partial charge in [-0.15, -0.1) is 0 Å². The fraction of sp³-hybridized carbons (Fsp3) is 0.167. The molecule has 0 bridgehead atoms. The quantitative estimate of drug-likeness (QED) is 0.567. The van der Waals surface area contributed by atoms with E-state index in [0.717, 1.165) is 17.6 Å². The van der Waals surface area contributed by atoms with Gasteiger partial charge in [-0.25, -0.2) is 0 Å². The van der Waals surface area contributed by atoms with E-state index in [2.05, 4.69) is 35.0 Å². The standard InChI is InChI=1S/C12H14N2/c1-2-3-8-14-9-7-10-11(13)5-4-6-12(10)14/h2-7,9H,8,13H2,1H3/b3-2+. The first kappa shape index (κ1) is 8.88. The zero-order chi connectivity index (χ0) is 9.97. The topological polar surface area (TPSA) is 30.9 Å². The van der Waals surface area contributed by atoms with Crippen LogP contribution in [0, 0.1) is 0 Å². The molecule has 2 heteroatoms. The zero-order valence-electron chi connectivity index (χ0n) is 8.27. The Hall–Kier alpha value is -1.70. The molecule has 1 aromatic carbocycles. The van der Waals surface area contributed by atoms with Gasteiger partial charge in [-0.2, -0.15) is 0 Å². The Labute approximate surface area is 83.6 Å². The van der Waals surface area contributed by atoms with Crippen LogP contribution >= 0.6 is 0 Å². The van der Waals surface area contributed by atoms with Gasteiger partial charge in [0.25, 0.3) is 0 Å². The molecular weight excluding hydrogens is 172 g/mol. The van der Waals surface area contributed by atoms with Crippen LogP contribution in [0.15, 0.2) is 42.6 Å². The Balaban J connectivity index is 2.52. The summed E-state index contributed by atoms with van der Waals surface area (Å²) < 4.78 is 2.19. The number of allylic oxidation sites excluding steroid dienone is 2. The van der Waals surface area contributed by atoms with Crippen molar-refractivity contribution in [3.05, 3.63) is 42.6 Å². The van der Waals surface area contributed by atoms with Crippen molar-refractivity contribution in [1.29, 1.82) is 0 Å². The zero-order valence-corrected chi connectivity index (χ0v) is 8.27. The van der Waals surface area contributed by atoms with Crippen LogP contribution in [0.2, 0.25) is 0 Å². The first-order chi connectivity index (χ1) is 6.83. The molecule has 2 nitrogen and oxygen atoms in total. The third-order valence-corrected chi connectivity index (χ3v) is 2.39. The summed E-state index contributed by atoms with van der Waals surface area (Å²) in [4.78, 5) is 0. The van der Waals surface area contributed by atoms with Crippen LogP contribution in [-0.4, -0.2) is 4.57 Å². The first-order valence-corrected chi connectivity index (χ1v) is 4.77. The molecule has 2 rings (SSSR count). The lowest BCUT2D eigenvalue weighted by molar-refractivity contribution is 0.862. The molecule has 1 heterocycles. The average Bonchev–Trinajstić information content (AvgIpc) is 2.60. The highest BCUT2D eigenvalue weighted by Crippen LogP contribution is 2.21. The molecule has 0 aliphatic rings. The number of nitrogens with zero attached hydrogens (tertiary/aromatic N) is 1. The molecule has 1 aromatic heterocycles. The van der Waals surface area contributed by atoms with Crippen LogP contribution in [0.3, 0.4) is 0 Å². The molecule has 0 fully saturated rings. The number of rotatable bonds is 2. The lowest BCUT2D eigenvalue weighted by Crippen LogP contribution is -1.92. The van der Waals surface area contributed by atoms with E-state index in [1.165, 1.54) is 5.52 Å². The van der Waals surface area contributed by atoms with Crippen LogP contribution < -0.4 is 5.73 Å². The second kappa shape index (κ2) is 3.58. The van der Waals surface area contributed by atoms with Crippen molar-refractivity contribution in [2.45, 2.75) is 13.5 Å². The van der Waals surface area contributed by atoms with Crippen molar-refractivity contribution in [1.82, 2.24) is 4.57 Å². The summed E-state index contributed by atoms with van der Waals surface area (Å²) in [6, 6.07) is 8.08. The molecule has 0 spiro atoms. The number of hydrogen-bond donors (Lipinski definition) is 1. The minimum atomic E-state index is 0.849. The van der Waals surface area contributed by atoms with Crippen molar-refractivity contribution < 1.29 is 0 Å². The average molecular weight is 186 g/mol. The monoisotopic (exact) mass is 186 g/mol. The number of aromatic nitrogens is 1. The fourth-order valence-corrected chi connectivity index (χ4v) is 1.63. The smallest absolute Gasteiger partial charge is 0.0504 e. The molecule has 2 N–H and O–H groups in total. The minimum absolute atomic E-state index is 0.849. The van der Waals surface area contributed by atoms with Gasteiger partial charge in [0.05, 0.1) is 5.52 Å². The predicted octanol–water partition coefficient (Wildman–Crippen LogP) is 2.80. The number of benzene rings is 1. The predicted molar refractivity (Wildman–Crippen MR) is 61.2 cm³/mol. The summed E-state index contributed by atoms with van der Waals surface area (Å²) >= 11 is 0. The molecule has 0 amide bonds. The van der Waals surface area contributed by atoms with Crippen molar-refractivity contribution in [2.24, 2.45) is 0 Å². The van der Waals surface area contributed by atoms with Gasteiger partial charge in [0.1, 0.15) is 0 Å². The maximum atomic E-state index is 5.87. The van der Waals surface area contributed by atoms with E-state index in [-0.39, 0.29) is 0 Å². The highest BCUT2D eigenvalue weighted by molar-refractivity contribution is 5.91. The Bertz CT molecular complexity index is 466. The first-order valence-electron chi connectivity index (χ1n) is 4.77. The molecule has 14 heavy (non-hydrogen) atoms. The highest BCUT2D eigenvalue weighted by Gasteiger charge is 2.00. The number of hydrogen-bond acceptors (Lipinski definition) is 1. The maximum absolute atomic E-state index is 5.87. The number of nitrogens with two attached hydrogens (primary N) is 1. The van der Waals surface area contributed by atoms with Crippen molar-refractivity contribution >= 4 is 16.6 Å². The van der Waals surface area contributed by atoms with Crippen LogP contribution in [0.5, 0.6) is 0 Å². The van der Waals surface area contributed by atoms with Crippen LogP contribution in [0.4, 0.5) is 5.69 Å². The van der Waals surface area contributed by atoms with Gasteiger partial charge in [0.15, 0.2) is 0 Å². The van der Waals surface area contributed by atoms with E-state index in [0.29, 0.717) is 0 Å². The summed E-state index contributed by atoms with van der Waals surface area (Å²) in [6.45, 7) is 2.93. The van der Waals surface area contributed by atoms with E-state index in [9.17, 15) is 0 Å². The lowest BCUT2D eigenvalue weighted by atomic mass is 10.2. The molecule has 0 radical (unpaired) electrons. The van der Waals surface area contributed by atoms with Gasteiger partial charge >= 0.3 is 0 Å². The minimum Gasteiger partial charge on any atom is -0.398 e. The van der Waals surface area contributed by atoms with Crippen molar-refractivity contribution in [2.75, 3.05) is 5.73 Å². The molecule has 0 saturated heterocycles. The van der Waals surface area contributed by atoms with E-state index in [4.69, 9.17) is 5.73 Å². The number of anilines is 1. The SMILES string of the molecule is C/C=C/Cn1ccc2c(N)cccc21. The van der Waals surface area contributed by atoms with Crippen LogP contribution in [-0.2, 0) is 6.54 Å². The van der Waals surface area contributed by atoms with Gasteiger partial charge in [0.2, 0.25) is 0 Å². The summed E-state index contributed by atoms with van der Waals surface area (Å²) in [6.07, 6.45) is 6.25. The Kier molecular flexibility index (Phi) is 2.27. The van der Waals surface area contributed by atoms with E-state index in [1.54, 1.807) is 0 Å². The van der Waals surface area contributed by atoms with Gasteiger partial charge in [0, 0.05) is 23.8 Å². The molecule has 0 aliphatic heterocycles. The molecule has 0 unspecified atom stereocenters. The molecule has 0 atom stereocenters. The maximum Gasteiger partial charge on any atom is 0.0504 e. The van der Waals surface area contributed by atoms with E-state index >= 15 is 0 Å². The van der Waals surface area contributed by atoms with E-state index < -0.39 is 0 Å². The molecule has 2 aromatic rings. The largest absolute Gasteiger partial charge is 0.398 e. The Morgan fingerprint density at radius 2 is 2.21 bits per heavy atom. The summed E-state index contributed by atoms with van der Waals surface area (Å²) in [7, 11) is 0. The van der Waals surface area contributed by atoms with Gasteiger partial charge < -0.3 is 10.3 Å². The summed E-state index contributed by atoms with van der Waals surface area (Å²) in [5.74, 6) is 0. The van der Waals surface area contributed by atoms with Gasteiger partial charge in [-0.05, 0) is 25.1 Å². The van der Waals surface area contributed by atoms with Gasteiger partial charge in [-0.3, -0.25) is 0 Å². The van der Waals surface area contributed by atoms with E-state index in [1.807, 2.05) is 19.1 Å². The lowest BCUT2D eigenvalue weighted by Gasteiger charge is -2.01. The number of nitrogen functional groups attached to an aromatic ring is 1. The highest BCUT2D eigenvalue weighted by atomic mass is 14.9. The van der Waals surface area contributed by atoms with Crippen molar-refractivity contribution in [3.8, 4) is 0 Å². The Morgan fingerprint density at radius 3 is 3.00 bits per heavy atom. The molecule has 0 saturated carbocycles. The molecular formula is C12H14N2. The normalized spacial score (nSPS) is 11.5. The second-order valence-electron chi connectivity index (χ2n) is 3.32. The second-order valence-corrected chi connectivity index (χ2v) is 3.32. The Morgan fingerprint density at radius 1 is 1.36 bits per heavy atom. The third-order valence-electron chi connectivity index (χ3n) is 2.39. The van der Waals surface area contributed by atoms with Crippen molar-refractivity contribution in [3.63, 3.8) is 0 Å². The number of fused-ring (bicyclic) bond motifs is 1. The molecule has 0 aliphatic carbocycles.